The number of carbonyl (C=O) groups excluding carboxylic acids is 2. The highest BCUT2D eigenvalue weighted by Crippen LogP contribution is 2.35. The van der Waals surface area contributed by atoms with Crippen molar-refractivity contribution < 1.29 is 28.5 Å². The van der Waals surface area contributed by atoms with Crippen molar-refractivity contribution in [3.05, 3.63) is 165 Å². The molecular weight excluding hydrogens is 667 g/mol. The van der Waals surface area contributed by atoms with Gasteiger partial charge in [0.1, 0.15) is 37.1 Å². The second-order valence-corrected chi connectivity index (χ2v) is 10.8. The molecule has 6 nitrogen and oxygen atoms in total. The van der Waals surface area contributed by atoms with E-state index in [1.807, 2.05) is 91.0 Å². The van der Waals surface area contributed by atoms with Crippen LogP contribution < -0.4 is 14.2 Å². The molecular formula is C37H29IO6. The first-order valence-electron chi connectivity index (χ1n) is 13.9. The molecule has 0 heterocycles. The second-order valence-electron chi connectivity index (χ2n) is 9.71. The van der Waals surface area contributed by atoms with Crippen LogP contribution in [0.1, 0.15) is 43.0 Å². The molecule has 0 spiro atoms. The summed E-state index contributed by atoms with van der Waals surface area (Å²) < 4.78 is 24.1. The molecule has 0 saturated heterocycles. The molecule has 0 aliphatic rings. The van der Waals surface area contributed by atoms with Crippen LogP contribution in [-0.2, 0) is 24.6 Å². The summed E-state index contributed by atoms with van der Waals surface area (Å²) in [5.41, 5.74) is 3.75. The highest BCUT2D eigenvalue weighted by atomic mass is 127. The molecule has 0 N–H and O–H groups in total. The molecule has 5 aromatic carbocycles. The van der Waals surface area contributed by atoms with E-state index >= 15 is 0 Å². The Labute approximate surface area is 270 Å². The third-order valence-electron chi connectivity index (χ3n) is 6.62. The van der Waals surface area contributed by atoms with Gasteiger partial charge in [-0.3, -0.25) is 0 Å². The molecule has 0 saturated carbocycles. The maximum absolute atomic E-state index is 13.6. The van der Waals surface area contributed by atoms with Gasteiger partial charge in [-0.25, -0.2) is 9.59 Å². The lowest BCUT2D eigenvalue weighted by molar-refractivity contribution is 0.0470. The maximum atomic E-state index is 13.6. The third-order valence-corrected chi connectivity index (χ3v) is 7.68. The molecule has 0 radical (unpaired) electrons. The van der Waals surface area contributed by atoms with Gasteiger partial charge in [-0.05, 0) is 63.5 Å². The third kappa shape index (κ3) is 7.93. The fourth-order valence-corrected chi connectivity index (χ4v) is 4.94. The minimum Gasteiger partial charge on any atom is -0.488 e. The minimum absolute atomic E-state index is 0.0967. The zero-order chi connectivity index (χ0) is 30.7. The van der Waals surface area contributed by atoms with Crippen molar-refractivity contribution in [2.75, 3.05) is 0 Å². The Morgan fingerprint density at radius 3 is 1.70 bits per heavy atom. The van der Waals surface area contributed by atoms with Gasteiger partial charge in [0.2, 0.25) is 0 Å². The summed E-state index contributed by atoms with van der Waals surface area (Å²) in [6.07, 6.45) is 1.56. The Bertz CT molecular complexity index is 1740. The number of halogens is 1. The molecule has 0 aromatic heterocycles. The number of hydrogen-bond acceptors (Lipinski definition) is 6. The number of ether oxygens (including phenoxy) is 4. The van der Waals surface area contributed by atoms with E-state index < -0.39 is 11.9 Å². The molecule has 0 fully saturated rings. The van der Waals surface area contributed by atoms with E-state index in [9.17, 15) is 9.59 Å². The van der Waals surface area contributed by atoms with Crippen molar-refractivity contribution in [3.8, 4) is 17.2 Å². The predicted octanol–water partition coefficient (Wildman–Crippen LogP) is 8.67. The lowest BCUT2D eigenvalue weighted by Crippen LogP contribution is -2.14. The molecule has 0 bridgehead atoms. The average Bonchev–Trinajstić information content (AvgIpc) is 3.07. The minimum atomic E-state index is -0.633. The molecule has 220 valence electrons. The summed E-state index contributed by atoms with van der Waals surface area (Å²) in [7, 11) is 0. The van der Waals surface area contributed by atoms with Crippen molar-refractivity contribution in [1.82, 2.24) is 0 Å². The van der Waals surface area contributed by atoms with E-state index in [-0.39, 0.29) is 30.1 Å². The Hall–Kier alpha value is -4.89. The van der Waals surface area contributed by atoms with Gasteiger partial charge in [0.25, 0.3) is 0 Å². The van der Waals surface area contributed by atoms with Crippen molar-refractivity contribution in [2.24, 2.45) is 0 Å². The predicted molar refractivity (Wildman–Crippen MR) is 178 cm³/mol. The van der Waals surface area contributed by atoms with Crippen LogP contribution in [0.15, 0.2) is 128 Å². The van der Waals surface area contributed by atoms with E-state index in [0.717, 1.165) is 16.7 Å². The number of rotatable bonds is 12. The Morgan fingerprint density at radius 1 is 0.614 bits per heavy atom. The zero-order valence-corrected chi connectivity index (χ0v) is 25.9. The molecule has 0 aliphatic carbocycles. The van der Waals surface area contributed by atoms with Crippen LogP contribution in [-0.4, -0.2) is 11.9 Å². The molecule has 7 heteroatoms. The summed E-state index contributed by atoms with van der Waals surface area (Å²) in [4.78, 5) is 26.7. The van der Waals surface area contributed by atoms with E-state index in [0.29, 0.717) is 27.2 Å². The molecule has 5 rings (SSSR count). The summed E-state index contributed by atoms with van der Waals surface area (Å²) in [6, 6.07) is 37.0. The van der Waals surface area contributed by atoms with E-state index in [2.05, 4.69) is 29.2 Å². The lowest BCUT2D eigenvalue weighted by Gasteiger charge is -2.16. The number of hydrogen-bond donors (Lipinski definition) is 0. The molecule has 0 amide bonds. The quantitative estimate of drug-likeness (QED) is 0.0739. The number of benzene rings is 5. The summed E-state index contributed by atoms with van der Waals surface area (Å²) in [5.74, 6) is -0.158. The first-order chi connectivity index (χ1) is 21.5. The van der Waals surface area contributed by atoms with Gasteiger partial charge in [0.15, 0.2) is 0 Å². The van der Waals surface area contributed by atoms with Crippen LogP contribution >= 0.6 is 22.6 Å². The van der Waals surface area contributed by atoms with Crippen LogP contribution in [0.4, 0.5) is 0 Å². The standard InChI is InChI=1S/C37H29IO6/c1-2-30-31(19-12-20-32(30)41-23-26-13-6-3-7-14-26)37(40)44-34-22-29(36(39)43-25-28-17-10-5-11-18-28)21-33(35(34)38)42-24-27-15-8-4-9-16-27/h2-22H,1,23-25H2. The monoisotopic (exact) mass is 696 g/mol. The van der Waals surface area contributed by atoms with Gasteiger partial charge in [-0.2, -0.15) is 0 Å². The average molecular weight is 697 g/mol. The van der Waals surface area contributed by atoms with Gasteiger partial charge in [-0.1, -0.05) is 110 Å². The van der Waals surface area contributed by atoms with Gasteiger partial charge in [0, 0.05) is 5.56 Å². The van der Waals surface area contributed by atoms with Crippen LogP contribution in [0.25, 0.3) is 6.08 Å². The molecule has 5 aromatic rings. The SMILES string of the molecule is C=Cc1c(OCc2ccccc2)cccc1C(=O)Oc1cc(C(=O)OCc2ccccc2)cc(OCc2ccccc2)c1I. The Morgan fingerprint density at radius 2 is 1.14 bits per heavy atom. The van der Waals surface area contributed by atoms with Crippen LogP contribution in [0.2, 0.25) is 0 Å². The number of carbonyl (C=O) groups is 2. The van der Waals surface area contributed by atoms with Crippen molar-refractivity contribution in [2.45, 2.75) is 19.8 Å². The molecule has 0 unspecified atom stereocenters. The number of esters is 2. The molecule has 44 heavy (non-hydrogen) atoms. The van der Waals surface area contributed by atoms with Crippen molar-refractivity contribution >= 4 is 40.6 Å². The summed E-state index contributed by atoms with van der Waals surface area (Å²) >= 11 is 2.05. The topological polar surface area (TPSA) is 71.1 Å². The van der Waals surface area contributed by atoms with Gasteiger partial charge in [0.05, 0.1) is 14.7 Å². The first-order valence-corrected chi connectivity index (χ1v) is 15.0. The van der Waals surface area contributed by atoms with E-state index in [4.69, 9.17) is 18.9 Å². The van der Waals surface area contributed by atoms with Gasteiger partial charge in [-0.15, -0.1) is 0 Å². The largest absolute Gasteiger partial charge is 0.488 e. The van der Waals surface area contributed by atoms with Crippen LogP contribution in [0.3, 0.4) is 0 Å². The van der Waals surface area contributed by atoms with Crippen molar-refractivity contribution in [3.63, 3.8) is 0 Å². The normalized spacial score (nSPS) is 10.5. The highest BCUT2D eigenvalue weighted by Gasteiger charge is 2.22. The van der Waals surface area contributed by atoms with Crippen molar-refractivity contribution in [1.29, 1.82) is 0 Å². The van der Waals surface area contributed by atoms with Gasteiger partial charge < -0.3 is 18.9 Å². The lowest BCUT2D eigenvalue weighted by atomic mass is 10.1. The zero-order valence-electron chi connectivity index (χ0n) is 23.8. The molecule has 0 aliphatic heterocycles. The van der Waals surface area contributed by atoms with E-state index in [1.54, 1.807) is 30.3 Å². The van der Waals surface area contributed by atoms with Crippen LogP contribution in [0.5, 0.6) is 17.2 Å². The van der Waals surface area contributed by atoms with Gasteiger partial charge >= 0.3 is 11.9 Å². The fraction of sp³-hybridized carbons (Fsp3) is 0.0811. The Balaban J connectivity index is 1.40. The summed E-state index contributed by atoms with van der Waals surface area (Å²) in [5, 5.41) is 0. The second kappa shape index (κ2) is 15.0. The maximum Gasteiger partial charge on any atom is 0.344 e. The van der Waals surface area contributed by atoms with Crippen LogP contribution in [0, 0.1) is 3.57 Å². The summed E-state index contributed by atoms with van der Waals surface area (Å²) in [6.45, 7) is 4.58. The van der Waals surface area contributed by atoms with E-state index in [1.165, 1.54) is 6.07 Å². The smallest absolute Gasteiger partial charge is 0.344 e. The molecule has 0 atom stereocenters. The first kappa shape index (κ1) is 30.6. The fourth-order valence-electron chi connectivity index (χ4n) is 4.36. The Kier molecular flexibility index (Phi) is 10.4. The highest BCUT2D eigenvalue weighted by molar-refractivity contribution is 14.1.